The van der Waals surface area contributed by atoms with Crippen molar-refractivity contribution < 1.29 is 9.59 Å². The quantitative estimate of drug-likeness (QED) is 0.854. The molecule has 1 aromatic rings. The van der Waals surface area contributed by atoms with Crippen molar-refractivity contribution in [3.8, 4) is 0 Å². The molecule has 0 radical (unpaired) electrons. The Morgan fingerprint density at radius 2 is 1.56 bits per heavy atom. The van der Waals surface area contributed by atoms with Gasteiger partial charge in [0.1, 0.15) is 0 Å². The molecule has 5 heteroatoms. The van der Waals surface area contributed by atoms with Gasteiger partial charge >= 0.3 is 0 Å². The van der Waals surface area contributed by atoms with Crippen molar-refractivity contribution >= 4 is 17.5 Å². The summed E-state index contributed by atoms with van der Waals surface area (Å²) in [7, 11) is 1.92. The first kappa shape index (κ1) is 19.7. The molecule has 0 unspecified atom stereocenters. The minimum atomic E-state index is 0.122. The maximum Gasteiger partial charge on any atom is 0.253 e. The molecule has 1 aromatic carbocycles. The highest BCUT2D eigenvalue weighted by Gasteiger charge is 2.22. The van der Waals surface area contributed by atoms with E-state index in [0.717, 1.165) is 50.0 Å². The molecule has 1 saturated heterocycles. The lowest BCUT2D eigenvalue weighted by Gasteiger charge is -2.31. The molecule has 1 N–H and O–H groups in total. The molecule has 0 bridgehead atoms. The minimum Gasteiger partial charge on any atom is -0.376 e. The van der Waals surface area contributed by atoms with Crippen LogP contribution in [0.25, 0.3) is 0 Å². The first-order valence-corrected chi connectivity index (χ1v) is 10.5. The van der Waals surface area contributed by atoms with Gasteiger partial charge in [-0.25, -0.2) is 0 Å². The third kappa shape index (κ3) is 5.47. The van der Waals surface area contributed by atoms with Crippen LogP contribution in [0, 0.1) is 0 Å². The Hall–Kier alpha value is -2.04. The van der Waals surface area contributed by atoms with Gasteiger partial charge in [-0.15, -0.1) is 0 Å². The van der Waals surface area contributed by atoms with E-state index in [0.29, 0.717) is 12.6 Å². The maximum absolute atomic E-state index is 12.6. The molecular formula is C22H33N3O2. The highest BCUT2D eigenvalue weighted by atomic mass is 16.2. The normalized spacial score (nSPS) is 18.6. The fourth-order valence-corrected chi connectivity index (χ4v) is 4.16. The Labute approximate surface area is 163 Å². The number of carbonyl (C=O) groups is 2. The van der Waals surface area contributed by atoms with E-state index in [-0.39, 0.29) is 11.8 Å². The van der Waals surface area contributed by atoms with Crippen LogP contribution in [0.15, 0.2) is 24.3 Å². The van der Waals surface area contributed by atoms with Crippen LogP contribution < -0.4 is 5.32 Å². The molecule has 1 aliphatic carbocycles. The van der Waals surface area contributed by atoms with E-state index in [1.165, 1.54) is 32.1 Å². The number of likely N-dealkylation sites (tertiary alicyclic amines) is 1. The number of anilines is 1. The number of nitrogens with one attached hydrogen (secondary N) is 1. The second-order valence-electron chi connectivity index (χ2n) is 7.93. The van der Waals surface area contributed by atoms with Crippen molar-refractivity contribution in [1.29, 1.82) is 0 Å². The summed E-state index contributed by atoms with van der Waals surface area (Å²) in [6, 6.07) is 7.93. The first-order valence-electron chi connectivity index (χ1n) is 10.5. The zero-order chi connectivity index (χ0) is 19.1. The van der Waals surface area contributed by atoms with Crippen molar-refractivity contribution in [1.82, 2.24) is 9.80 Å². The van der Waals surface area contributed by atoms with Gasteiger partial charge < -0.3 is 15.1 Å². The van der Waals surface area contributed by atoms with Gasteiger partial charge in [0, 0.05) is 37.4 Å². The summed E-state index contributed by atoms with van der Waals surface area (Å²) in [6.45, 7) is 2.02. The fraction of sp³-hybridized carbons (Fsp3) is 0.636. The Balaban J connectivity index is 1.49. The van der Waals surface area contributed by atoms with Gasteiger partial charge in [0.15, 0.2) is 0 Å². The number of benzene rings is 1. The molecule has 0 aromatic heterocycles. The molecule has 1 heterocycles. The SMILES string of the molecule is CN(C(=O)CNc1ccc(C(=O)N2CCCCCC2)cc1)C1CCCCC1. The molecule has 2 amide bonds. The lowest BCUT2D eigenvalue weighted by Crippen LogP contribution is -2.41. The zero-order valence-corrected chi connectivity index (χ0v) is 16.6. The summed E-state index contributed by atoms with van der Waals surface area (Å²) < 4.78 is 0. The van der Waals surface area contributed by atoms with Gasteiger partial charge in [-0.2, -0.15) is 0 Å². The van der Waals surface area contributed by atoms with Crippen LogP contribution in [0.1, 0.15) is 68.1 Å². The molecule has 2 fully saturated rings. The number of carbonyl (C=O) groups excluding carboxylic acids is 2. The van der Waals surface area contributed by atoms with E-state index in [1.807, 2.05) is 41.1 Å². The van der Waals surface area contributed by atoms with Gasteiger partial charge in [-0.1, -0.05) is 32.1 Å². The van der Waals surface area contributed by atoms with Crippen molar-refractivity contribution in [3.05, 3.63) is 29.8 Å². The van der Waals surface area contributed by atoms with E-state index in [9.17, 15) is 9.59 Å². The van der Waals surface area contributed by atoms with Crippen LogP contribution in [-0.2, 0) is 4.79 Å². The molecule has 148 valence electrons. The molecule has 0 atom stereocenters. The smallest absolute Gasteiger partial charge is 0.253 e. The van der Waals surface area contributed by atoms with Crippen molar-refractivity contribution in [2.24, 2.45) is 0 Å². The van der Waals surface area contributed by atoms with E-state index < -0.39 is 0 Å². The molecule has 27 heavy (non-hydrogen) atoms. The predicted molar refractivity (Wildman–Crippen MR) is 109 cm³/mol. The Kier molecular flexibility index (Phi) is 7.13. The summed E-state index contributed by atoms with van der Waals surface area (Å²) >= 11 is 0. The van der Waals surface area contributed by atoms with Crippen LogP contribution >= 0.6 is 0 Å². The van der Waals surface area contributed by atoms with Gasteiger partial charge in [-0.3, -0.25) is 9.59 Å². The summed E-state index contributed by atoms with van der Waals surface area (Å²) in [6.07, 6.45) is 10.6. The maximum atomic E-state index is 12.6. The van der Waals surface area contributed by atoms with Gasteiger partial charge in [0.25, 0.3) is 5.91 Å². The molecule has 0 spiro atoms. The molecule has 1 aliphatic heterocycles. The van der Waals surface area contributed by atoms with E-state index in [1.54, 1.807) is 0 Å². The second-order valence-corrected chi connectivity index (χ2v) is 7.93. The van der Waals surface area contributed by atoms with Crippen molar-refractivity contribution in [3.63, 3.8) is 0 Å². The molecule has 5 nitrogen and oxygen atoms in total. The van der Waals surface area contributed by atoms with Crippen LogP contribution in [-0.4, -0.2) is 54.3 Å². The number of hydrogen-bond donors (Lipinski definition) is 1. The highest BCUT2D eigenvalue weighted by molar-refractivity contribution is 5.94. The lowest BCUT2D eigenvalue weighted by molar-refractivity contribution is -0.130. The molecule has 3 rings (SSSR count). The van der Waals surface area contributed by atoms with Gasteiger partial charge in [-0.05, 0) is 49.9 Å². The Bertz CT molecular complexity index is 615. The zero-order valence-electron chi connectivity index (χ0n) is 16.6. The van der Waals surface area contributed by atoms with Crippen LogP contribution in [0.3, 0.4) is 0 Å². The summed E-state index contributed by atoms with van der Waals surface area (Å²) in [5.74, 6) is 0.253. The lowest BCUT2D eigenvalue weighted by atomic mass is 9.94. The second kappa shape index (κ2) is 9.77. The Morgan fingerprint density at radius 1 is 0.963 bits per heavy atom. The summed E-state index contributed by atoms with van der Waals surface area (Å²) in [4.78, 5) is 28.9. The third-order valence-electron chi connectivity index (χ3n) is 5.98. The number of rotatable bonds is 5. The first-order chi connectivity index (χ1) is 13.1. The number of likely N-dealkylation sites (N-methyl/N-ethyl adjacent to an activating group) is 1. The molecular weight excluding hydrogens is 338 g/mol. The van der Waals surface area contributed by atoms with Crippen molar-refractivity contribution in [2.75, 3.05) is 32.0 Å². The number of hydrogen-bond acceptors (Lipinski definition) is 3. The predicted octanol–water partition coefficient (Wildman–Crippen LogP) is 3.91. The van der Waals surface area contributed by atoms with E-state index >= 15 is 0 Å². The largest absolute Gasteiger partial charge is 0.376 e. The van der Waals surface area contributed by atoms with E-state index in [2.05, 4.69) is 5.32 Å². The highest BCUT2D eigenvalue weighted by Crippen LogP contribution is 2.22. The van der Waals surface area contributed by atoms with Crippen LogP contribution in [0.5, 0.6) is 0 Å². The molecule has 1 saturated carbocycles. The van der Waals surface area contributed by atoms with Crippen LogP contribution in [0.4, 0.5) is 5.69 Å². The standard InChI is InChI=1S/C22H33N3O2/c1-24(20-9-5-4-6-10-20)21(26)17-23-19-13-11-18(12-14-19)22(27)25-15-7-2-3-8-16-25/h11-14,20,23H,2-10,15-17H2,1H3. The Morgan fingerprint density at radius 3 is 2.19 bits per heavy atom. The summed E-state index contributed by atoms with van der Waals surface area (Å²) in [5.41, 5.74) is 1.61. The number of amides is 2. The monoisotopic (exact) mass is 371 g/mol. The minimum absolute atomic E-state index is 0.122. The van der Waals surface area contributed by atoms with Crippen molar-refractivity contribution in [2.45, 2.75) is 63.8 Å². The van der Waals surface area contributed by atoms with Gasteiger partial charge in [0.05, 0.1) is 6.54 Å². The average molecular weight is 372 g/mol. The van der Waals surface area contributed by atoms with E-state index in [4.69, 9.17) is 0 Å². The van der Waals surface area contributed by atoms with Gasteiger partial charge in [0.2, 0.25) is 5.91 Å². The topological polar surface area (TPSA) is 52.7 Å². The molecule has 2 aliphatic rings. The van der Waals surface area contributed by atoms with Crippen LogP contribution in [0.2, 0.25) is 0 Å². The fourth-order valence-electron chi connectivity index (χ4n) is 4.16. The average Bonchev–Trinajstić information content (AvgIpc) is 3.01. The summed E-state index contributed by atoms with van der Waals surface area (Å²) in [5, 5.41) is 3.20. The third-order valence-corrected chi connectivity index (χ3v) is 5.98. The number of nitrogens with zero attached hydrogens (tertiary/aromatic N) is 2.